The van der Waals surface area contributed by atoms with Gasteiger partial charge in [0.25, 0.3) is 0 Å². The summed E-state index contributed by atoms with van der Waals surface area (Å²) in [5, 5.41) is 2.29. The van der Waals surface area contributed by atoms with E-state index in [1.165, 1.54) is 0 Å². The van der Waals surface area contributed by atoms with Crippen molar-refractivity contribution in [2.45, 2.75) is 10.8 Å². The Morgan fingerprint density at radius 2 is 1.90 bits per heavy atom. The topological polar surface area (TPSA) is 46.2 Å². The molecule has 0 aliphatic heterocycles. The monoisotopic (exact) mass is 341 g/mol. The standard InChI is InChI=1S/C12H11Cl2F2NO2S/c13-12(14)4-7(12)5-20(19)6-11(18)17-10-2-8(15)1-9(16)3-10/h1-3,7H,4-6H2,(H,17,18)/t7-,20-/m1/s1. The maximum atomic E-state index is 12.9. The molecule has 1 fully saturated rings. The van der Waals surface area contributed by atoms with Gasteiger partial charge < -0.3 is 5.32 Å². The Bertz CT molecular complexity index is 548. The molecule has 1 aliphatic rings. The zero-order chi connectivity index (χ0) is 14.9. The fraction of sp³-hybridized carbons (Fsp3) is 0.417. The molecule has 1 aromatic rings. The van der Waals surface area contributed by atoms with Gasteiger partial charge in [-0.3, -0.25) is 9.00 Å². The molecular formula is C12H11Cl2F2NO2S. The van der Waals surface area contributed by atoms with Crippen LogP contribution in [0.15, 0.2) is 18.2 Å². The minimum atomic E-state index is -1.42. The molecule has 1 amide bonds. The lowest BCUT2D eigenvalue weighted by molar-refractivity contribution is -0.113. The van der Waals surface area contributed by atoms with Gasteiger partial charge >= 0.3 is 0 Å². The number of carbonyl (C=O) groups is 1. The van der Waals surface area contributed by atoms with Crippen molar-refractivity contribution in [2.75, 3.05) is 16.8 Å². The largest absolute Gasteiger partial charge is 0.325 e. The quantitative estimate of drug-likeness (QED) is 0.837. The van der Waals surface area contributed by atoms with Gasteiger partial charge in [0.15, 0.2) is 0 Å². The number of hydrogen-bond donors (Lipinski definition) is 1. The van der Waals surface area contributed by atoms with Gasteiger partial charge in [-0.15, -0.1) is 23.2 Å². The maximum Gasteiger partial charge on any atom is 0.236 e. The molecule has 1 saturated carbocycles. The molecule has 8 heteroatoms. The predicted octanol–water partition coefficient (Wildman–Crippen LogP) is 2.85. The van der Waals surface area contributed by atoms with E-state index in [0.717, 1.165) is 12.1 Å². The lowest BCUT2D eigenvalue weighted by Gasteiger charge is -2.06. The molecule has 110 valence electrons. The Hall–Kier alpha value is -0.720. The third kappa shape index (κ3) is 4.40. The number of nitrogens with one attached hydrogen (secondary N) is 1. The molecule has 3 nitrogen and oxygen atoms in total. The molecule has 1 aliphatic carbocycles. The van der Waals surface area contributed by atoms with Crippen LogP contribution < -0.4 is 5.32 Å². The van der Waals surface area contributed by atoms with Crippen LogP contribution >= 0.6 is 23.2 Å². The first-order valence-corrected chi connectivity index (χ1v) is 7.99. The van der Waals surface area contributed by atoms with Crippen LogP contribution in [0.3, 0.4) is 0 Å². The number of benzene rings is 1. The van der Waals surface area contributed by atoms with E-state index in [0.29, 0.717) is 12.5 Å². The van der Waals surface area contributed by atoms with Crippen LogP contribution in [0.5, 0.6) is 0 Å². The van der Waals surface area contributed by atoms with E-state index in [9.17, 15) is 17.8 Å². The van der Waals surface area contributed by atoms with Crippen molar-refractivity contribution in [3.8, 4) is 0 Å². The van der Waals surface area contributed by atoms with E-state index in [1.54, 1.807) is 0 Å². The fourth-order valence-corrected chi connectivity index (χ4v) is 3.75. The van der Waals surface area contributed by atoms with Gasteiger partial charge in [-0.05, 0) is 18.6 Å². The molecule has 0 spiro atoms. The molecule has 20 heavy (non-hydrogen) atoms. The van der Waals surface area contributed by atoms with Gasteiger partial charge in [-0.1, -0.05) is 0 Å². The van der Waals surface area contributed by atoms with E-state index >= 15 is 0 Å². The highest BCUT2D eigenvalue weighted by Gasteiger charge is 2.52. The summed E-state index contributed by atoms with van der Waals surface area (Å²) in [6.07, 6.45) is 0.554. The minimum Gasteiger partial charge on any atom is -0.325 e. The smallest absolute Gasteiger partial charge is 0.236 e. The number of carbonyl (C=O) groups excluding carboxylic acids is 1. The van der Waals surface area contributed by atoms with E-state index < -0.39 is 32.7 Å². The predicted molar refractivity (Wildman–Crippen MR) is 75.4 cm³/mol. The highest BCUT2D eigenvalue weighted by atomic mass is 35.5. The van der Waals surface area contributed by atoms with Crippen LogP contribution in [-0.2, 0) is 15.6 Å². The molecule has 1 aromatic carbocycles. The first-order chi connectivity index (χ1) is 9.26. The molecule has 0 heterocycles. The molecule has 0 saturated heterocycles. The average molecular weight is 342 g/mol. The van der Waals surface area contributed by atoms with Crippen molar-refractivity contribution in [3.63, 3.8) is 0 Å². The average Bonchev–Trinajstić information content (AvgIpc) is 2.82. The van der Waals surface area contributed by atoms with Crippen molar-refractivity contribution >= 4 is 45.6 Å². The van der Waals surface area contributed by atoms with E-state index in [1.807, 2.05) is 0 Å². The number of alkyl halides is 2. The molecule has 1 N–H and O–H groups in total. The van der Waals surface area contributed by atoms with Gasteiger partial charge in [0.1, 0.15) is 21.7 Å². The molecule has 2 atom stereocenters. The number of anilines is 1. The molecule has 0 unspecified atom stereocenters. The van der Waals surface area contributed by atoms with E-state index in [2.05, 4.69) is 5.32 Å². The summed E-state index contributed by atoms with van der Waals surface area (Å²) in [7, 11) is -1.42. The lowest BCUT2D eigenvalue weighted by atomic mass is 10.3. The third-order valence-electron chi connectivity index (χ3n) is 2.78. The lowest BCUT2D eigenvalue weighted by Crippen LogP contribution is -2.22. The maximum absolute atomic E-state index is 12.9. The SMILES string of the molecule is O=C(C[S@](=O)C[C@H]1CC1(Cl)Cl)Nc1cc(F)cc(F)c1. The summed E-state index contributed by atoms with van der Waals surface area (Å²) in [5.74, 6) is -2.28. The number of rotatable bonds is 5. The van der Waals surface area contributed by atoms with Gasteiger partial charge in [-0.25, -0.2) is 8.78 Å². The zero-order valence-corrected chi connectivity index (χ0v) is 12.5. The number of hydrogen-bond acceptors (Lipinski definition) is 2. The Labute approximate surface area is 127 Å². The summed E-state index contributed by atoms with van der Waals surface area (Å²) in [6, 6.07) is 2.65. The summed E-state index contributed by atoms with van der Waals surface area (Å²) in [6.45, 7) is 0. The van der Waals surface area contributed by atoms with E-state index in [-0.39, 0.29) is 23.1 Å². The van der Waals surface area contributed by atoms with Crippen molar-refractivity contribution in [1.29, 1.82) is 0 Å². The van der Waals surface area contributed by atoms with Gasteiger partial charge in [0, 0.05) is 34.2 Å². The summed E-state index contributed by atoms with van der Waals surface area (Å²) in [5.41, 5.74) is -0.0139. The Kier molecular flexibility index (Phi) is 4.66. The summed E-state index contributed by atoms with van der Waals surface area (Å²) < 4.78 is 36.7. The zero-order valence-electron chi connectivity index (χ0n) is 10.2. The Morgan fingerprint density at radius 3 is 2.40 bits per heavy atom. The second-order valence-electron chi connectivity index (χ2n) is 4.62. The van der Waals surface area contributed by atoms with Crippen LogP contribution in [-0.4, -0.2) is 26.0 Å². The van der Waals surface area contributed by atoms with Crippen LogP contribution in [0.4, 0.5) is 14.5 Å². The Morgan fingerprint density at radius 1 is 1.35 bits per heavy atom. The normalized spacial score (nSPS) is 21.3. The first-order valence-electron chi connectivity index (χ1n) is 5.75. The fourth-order valence-electron chi connectivity index (χ4n) is 1.70. The number of amides is 1. The van der Waals surface area contributed by atoms with Crippen LogP contribution in [0.2, 0.25) is 0 Å². The van der Waals surface area contributed by atoms with Crippen molar-refractivity contribution in [3.05, 3.63) is 29.8 Å². The first kappa shape index (κ1) is 15.7. The number of halogens is 4. The molecule has 0 radical (unpaired) electrons. The van der Waals surface area contributed by atoms with Crippen molar-refractivity contribution < 1.29 is 17.8 Å². The molecule has 2 rings (SSSR count). The van der Waals surface area contributed by atoms with Crippen LogP contribution in [0.25, 0.3) is 0 Å². The molecule has 0 bridgehead atoms. The van der Waals surface area contributed by atoms with E-state index in [4.69, 9.17) is 23.2 Å². The molecular weight excluding hydrogens is 331 g/mol. The van der Waals surface area contributed by atoms with Gasteiger partial charge in [-0.2, -0.15) is 0 Å². The van der Waals surface area contributed by atoms with Gasteiger partial charge in [0.05, 0.1) is 0 Å². The second-order valence-corrected chi connectivity index (χ2v) is 7.66. The molecule has 0 aromatic heterocycles. The highest BCUT2D eigenvalue weighted by Crippen LogP contribution is 2.53. The minimum absolute atomic E-state index is 0.0139. The van der Waals surface area contributed by atoms with Crippen LogP contribution in [0, 0.1) is 17.6 Å². The third-order valence-corrected chi connectivity index (χ3v) is 5.07. The summed E-state index contributed by atoms with van der Waals surface area (Å²) >= 11 is 11.6. The summed E-state index contributed by atoms with van der Waals surface area (Å²) in [4.78, 5) is 11.6. The highest BCUT2D eigenvalue weighted by molar-refractivity contribution is 7.85. The van der Waals surface area contributed by atoms with Crippen molar-refractivity contribution in [1.82, 2.24) is 0 Å². The second kappa shape index (κ2) is 5.95. The van der Waals surface area contributed by atoms with Crippen molar-refractivity contribution in [2.24, 2.45) is 5.92 Å². The Balaban J connectivity index is 1.84. The van der Waals surface area contributed by atoms with Gasteiger partial charge in [0.2, 0.25) is 5.91 Å². The van der Waals surface area contributed by atoms with Crippen LogP contribution in [0.1, 0.15) is 6.42 Å².